The molecule has 0 amide bonds. The second kappa shape index (κ2) is 11.7. The van der Waals surface area contributed by atoms with E-state index in [0.717, 1.165) is 10.9 Å². The Morgan fingerprint density at radius 3 is 2.67 bits per heavy atom. The van der Waals surface area contributed by atoms with Crippen LogP contribution in [0, 0.1) is 0 Å². The maximum absolute atomic E-state index is 15.5. The van der Waals surface area contributed by atoms with Gasteiger partial charge in [-0.2, -0.15) is 4.98 Å². The van der Waals surface area contributed by atoms with E-state index in [9.17, 15) is 19.4 Å². The molecule has 3 fully saturated rings. The van der Waals surface area contributed by atoms with Crippen LogP contribution in [0.2, 0.25) is 0 Å². The molecule has 4 aromatic heterocycles. The van der Waals surface area contributed by atoms with Crippen molar-refractivity contribution in [3.63, 3.8) is 0 Å². The normalized spacial score (nSPS) is 32.4. The lowest BCUT2D eigenvalue weighted by atomic mass is 10.0. The van der Waals surface area contributed by atoms with Gasteiger partial charge in [0.25, 0.3) is 5.56 Å². The standard InChI is InChI=1S/C21H23FN10O10P2S2/c22-9-8(2-33)38-18(32-6-28-11-15(32)29-20(24)30-16(11)34)12(9)42-44(35,36)37-3-21-1-7(39-19(21)41-43(45)46)17(40-21)31-5-27-10-13(23)25-4-26-14(10)31/h4-9,12,17-19,33H,1-3H2,(H6-,23,24,25,26,29,30,34,35,36,45,46)/p+1/t7-,8-,9+,12-,17-,18-,19?,21+/m1/s1. The van der Waals surface area contributed by atoms with Crippen molar-refractivity contribution in [3.8, 4) is 0 Å². The summed E-state index contributed by atoms with van der Waals surface area (Å²) in [5.41, 5.74) is 9.76. The summed E-state index contributed by atoms with van der Waals surface area (Å²) in [6.45, 7) is -1.45. The van der Waals surface area contributed by atoms with E-state index in [1.807, 2.05) is 0 Å². The van der Waals surface area contributed by atoms with Crippen LogP contribution in [0.3, 0.4) is 0 Å². The van der Waals surface area contributed by atoms with Crippen molar-refractivity contribution in [2.24, 2.45) is 0 Å². The van der Waals surface area contributed by atoms with E-state index in [1.165, 1.54) is 12.7 Å². The molecule has 0 saturated carbocycles. The first-order valence-corrected chi connectivity index (χ1v) is 18.2. The summed E-state index contributed by atoms with van der Waals surface area (Å²) < 4.78 is 65.8. The molecule has 7 rings (SSSR count). The van der Waals surface area contributed by atoms with Gasteiger partial charge < -0.3 is 35.7 Å². The molecule has 2 bridgehead atoms. The van der Waals surface area contributed by atoms with Gasteiger partial charge in [0, 0.05) is 6.42 Å². The fourth-order valence-corrected chi connectivity index (χ4v) is 7.56. The predicted molar refractivity (Wildman–Crippen MR) is 159 cm³/mol. The molecule has 7 N–H and O–H groups in total. The van der Waals surface area contributed by atoms with Crippen LogP contribution < -0.4 is 17.0 Å². The molecular formula is C21H24FN10O10P2S2+. The summed E-state index contributed by atoms with van der Waals surface area (Å²) in [4.78, 5) is 45.7. The number of anilines is 2. The number of phosphoric acid groups is 1. The molecule has 46 heavy (non-hydrogen) atoms. The maximum Gasteiger partial charge on any atom is 0.472 e. The number of aromatic nitrogens is 8. The second-order valence-electron chi connectivity index (χ2n) is 10.5. The summed E-state index contributed by atoms with van der Waals surface area (Å²) in [5.74, 6) is -0.122. The minimum Gasteiger partial charge on any atom is -0.394 e. The molecule has 10 atom stereocenters. The van der Waals surface area contributed by atoms with Crippen LogP contribution in [0.25, 0.3) is 22.3 Å². The number of ether oxygens (including phenoxy) is 3. The van der Waals surface area contributed by atoms with Crippen LogP contribution in [-0.2, 0) is 44.2 Å². The van der Waals surface area contributed by atoms with Gasteiger partial charge in [-0.25, -0.2) is 28.9 Å². The molecule has 3 saturated heterocycles. The number of hydrogen-bond acceptors (Lipinski definition) is 17. The van der Waals surface area contributed by atoms with Crippen molar-refractivity contribution < 1.29 is 46.7 Å². The molecule has 25 heteroatoms. The van der Waals surface area contributed by atoms with Gasteiger partial charge in [-0.05, 0) is 0 Å². The van der Waals surface area contributed by atoms with Crippen LogP contribution in [0.1, 0.15) is 18.9 Å². The molecule has 0 spiro atoms. The first kappa shape index (κ1) is 31.8. The molecule has 3 unspecified atom stereocenters. The fourth-order valence-electron chi connectivity index (χ4n) is 5.69. The third-order valence-corrected chi connectivity index (χ3v) is 9.57. The smallest absolute Gasteiger partial charge is 0.394 e. The van der Waals surface area contributed by atoms with E-state index in [-0.39, 0.29) is 29.4 Å². The highest BCUT2D eigenvalue weighted by Gasteiger charge is 2.64. The number of nitrogen functional groups attached to an aromatic ring is 2. The van der Waals surface area contributed by atoms with E-state index in [4.69, 9.17) is 51.1 Å². The van der Waals surface area contributed by atoms with Crippen molar-refractivity contribution >= 4 is 72.1 Å². The number of halogens is 1. The molecule has 246 valence electrons. The monoisotopic (exact) mass is 721 g/mol. The van der Waals surface area contributed by atoms with Gasteiger partial charge in [0.15, 0.2) is 46.9 Å². The number of nitrogens with one attached hydrogen (secondary N) is 1. The van der Waals surface area contributed by atoms with E-state index < -0.39 is 81.6 Å². The number of rotatable bonds is 10. The van der Waals surface area contributed by atoms with Crippen LogP contribution in [0.5, 0.6) is 0 Å². The summed E-state index contributed by atoms with van der Waals surface area (Å²) in [6, 6.07) is 0. The average Bonchev–Trinajstić information content (AvgIpc) is 3.80. The average molecular weight is 722 g/mol. The van der Waals surface area contributed by atoms with Gasteiger partial charge in [-0.3, -0.25) is 28.0 Å². The Hall–Kier alpha value is -2.79. The second-order valence-corrected chi connectivity index (χ2v) is 15.5. The van der Waals surface area contributed by atoms with Crippen molar-refractivity contribution in [1.29, 1.82) is 0 Å². The quantitative estimate of drug-likeness (QED) is 0.0926. The van der Waals surface area contributed by atoms with Crippen molar-refractivity contribution in [2.75, 3.05) is 24.7 Å². The Bertz CT molecular complexity index is 1950. The number of aliphatic hydroxyl groups is 1. The third-order valence-electron chi connectivity index (χ3n) is 7.69. The number of fused-ring (bicyclic) bond motifs is 4. The predicted octanol–water partition coefficient (Wildman–Crippen LogP) is -0.0433. The lowest BCUT2D eigenvalue weighted by Gasteiger charge is -2.35. The van der Waals surface area contributed by atoms with Crippen LogP contribution >= 0.6 is 26.2 Å². The minimum absolute atomic E-state index is 0.102. The lowest BCUT2D eigenvalue weighted by molar-refractivity contribution is -0.267. The topological polar surface area (TPSA) is 272 Å². The Labute approximate surface area is 266 Å². The largest absolute Gasteiger partial charge is 0.472 e. The highest BCUT2D eigenvalue weighted by atomic mass is 32.9. The molecule has 7 heterocycles. The van der Waals surface area contributed by atoms with Crippen molar-refractivity contribution in [3.05, 3.63) is 29.3 Å². The zero-order valence-corrected chi connectivity index (χ0v) is 26.5. The van der Waals surface area contributed by atoms with Crippen LogP contribution in [-0.4, -0.2) is 98.6 Å². The summed E-state index contributed by atoms with van der Waals surface area (Å²) in [5, 5.41) is 9.69. The molecule has 0 aliphatic carbocycles. The summed E-state index contributed by atoms with van der Waals surface area (Å²) in [6.07, 6.45) is -7.46. The first-order chi connectivity index (χ1) is 21.9. The number of hydrogen-bond donors (Lipinski definition) is 6. The highest BCUT2D eigenvalue weighted by Crippen LogP contribution is 2.56. The molecule has 0 radical (unpaired) electrons. The number of phosphoric ester groups is 1. The number of nitrogens with zero attached hydrogens (tertiary/aromatic N) is 7. The summed E-state index contributed by atoms with van der Waals surface area (Å²) >= 11 is 9.24. The fraction of sp³-hybridized carbons (Fsp3) is 0.524. The zero-order chi connectivity index (χ0) is 32.5. The molecule has 4 aromatic rings. The van der Waals surface area contributed by atoms with Crippen LogP contribution in [0.4, 0.5) is 16.2 Å². The number of aromatic amines is 1. The first-order valence-electron chi connectivity index (χ1n) is 13.3. The summed E-state index contributed by atoms with van der Waals surface area (Å²) in [7, 11) is -5.15. The van der Waals surface area contributed by atoms with Gasteiger partial charge in [-0.15, -0.1) is 4.52 Å². The number of imidazole rings is 2. The SMILES string of the molecule is Nc1nc2c(ncn2[C@@H]2O[C@H](CO)[C@H](F)[C@H]2OP(=O)(O)OC[C@@]23C[C@@H](OC2O[P+](=S)S)[C@H](n2cnc4c(N)ncnc42)O3)c(=O)[nH]1. The number of H-pyrrole nitrogens is 1. The Morgan fingerprint density at radius 2 is 1.93 bits per heavy atom. The number of alkyl halides is 1. The number of nitrogens with two attached hydrogens (primary N) is 2. The molecule has 20 nitrogen and oxygen atoms in total. The number of thiol groups is 1. The van der Waals surface area contributed by atoms with E-state index in [0.29, 0.717) is 11.2 Å². The van der Waals surface area contributed by atoms with Crippen molar-refractivity contribution in [1.82, 2.24) is 39.0 Å². The number of aliphatic hydroxyl groups excluding tert-OH is 1. The van der Waals surface area contributed by atoms with Gasteiger partial charge in [0.2, 0.25) is 24.0 Å². The molecule has 3 aliphatic heterocycles. The zero-order valence-electron chi connectivity index (χ0n) is 23.0. The highest BCUT2D eigenvalue weighted by molar-refractivity contribution is 8.54. The maximum atomic E-state index is 15.5. The minimum atomic E-state index is -5.15. The van der Waals surface area contributed by atoms with Gasteiger partial charge >= 0.3 is 13.9 Å². The van der Waals surface area contributed by atoms with Gasteiger partial charge in [0.1, 0.15) is 42.4 Å². The Morgan fingerprint density at radius 1 is 1.20 bits per heavy atom. The molecule has 3 aliphatic rings. The molecular weight excluding hydrogens is 697 g/mol. The van der Waals surface area contributed by atoms with E-state index >= 15 is 4.39 Å². The lowest BCUT2D eigenvalue weighted by Crippen LogP contribution is -2.47. The molecule has 0 aromatic carbocycles. The third kappa shape index (κ3) is 5.39. The van der Waals surface area contributed by atoms with E-state index in [1.54, 1.807) is 4.57 Å². The Kier molecular flexibility index (Phi) is 8.10. The Balaban J connectivity index is 1.14. The van der Waals surface area contributed by atoms with Gasteiger partial charge in [-0.1, -0.05) is 0 Å². The van der Waals surface area contributed by atoms with Gasteiger partial charge in [0.05, 0.1) is 25.9 Å². The van der Waals surface area contributed by atoms with Crippen molar-refractivity contribution in [2.45, 2.75) is 55.3 Å². The van der Waals surface area contributed by atoms with E-state index in [2.05, 4.69) is 42.2 Å². The van der Waals surface area contributed by atoms with Crippen LogP contribution in [0.15, 0.2) is 23.8 Å².